The summed E-state index contributed by atoms with van der Waals surface area (Å²) in [6, 6.07) is 4.44. The Balaban J connectivity index is 1.61. The molecule has 26 heavy (non-hydrogen) atoms. The van der Waals surface area contributed by atoms with Gasteiger partial charge in [0.15, 0.2) is 5.82 Å². The zero-order valence-corrected chi connectivity index (χ0v) is 15.0. The van der Waals surface area contributed by atoms with E-state index in [1.165, 1.54) is 12.1 Å². The standard InChI is InChI=1S/C20H18ClFN2O2/c1-2-3-4-15-12-25-19(26-13-15)8-5-14-10-23-20(24-11-14)16-6-7-17(21)18(22)9-16/h3-4,6-7,9-11,15,19H,2,12-13H2,1H3. The highest BCUT2D eigenvalue weighted by atomic mass is 35.5. The molecule has 0 aliphatic carbocycles. The van der Waals surface area contributed by atoms with E-state index in [2.05, 4.69) is 40.9 Å². The number of halogens is 2. The number of rotatable bonds is 3. The quantitative estimate of drug-likeness (QED) is 0.597. The SMILES string of the molecule is CCC=CC1COC(C#Cc2cnc(-c3ccc(Cl)c(F)c3)nc2)OC1. The minimum atomic E-state index is -0.550. The van der Waals surface area contributed by atoms with Crippen molar-refractivity contribution in [3.8, 4) is 23.2 Å². The molecule has 0 spiro atoms. The molecule has 0 N–H and O–H groups in total. The van der Waals surface area contributed by atoms with Gasteiger partial charge in [0, 0.05) is 23.9 Å². The summed E-state index contributed by atoms with van der Waals surface area (Å²) in [6.45, 7) is 3.27. The lowest BCUT2D eigenvalue weighted by Gasteiger charge is -2.24. The van der Waals surface area contributed by atoms with E-state index in [9.17, 15) is 4.39 Å². The first-order valence-electron chi connectivity index (χ1n) is 8.34. The van der Waals surface area contributed by atoms with Gasteiger partial charge < -0.3 is 9.47 Å². The summed E-state index contributed by atoms with van der Waals surface area (Å²) in [5.74, 6) is 6.02. The highest BCUT2D eigenvalue weighted by molar-refractivity contribution is 6.30. The molecular formula is C20H18ClFN2O2. The van der Waals surface area contributed by atoms with Gasteiger partial charge in [-0.05, 0) is 30.5 Å². The van der Waals surface area contributed by atoms with E-state index in [4.69, 9.17) is 21.1 Å². The van der Waals surface area contributed by atoms with Gasteiger partial charge in [-0.3, -0.25) is 0 Å². The average Bonchev–Trinajstić information content (AvgIpc) is 2.68. The molecule has 3 rings (SSSR count). The van der Waals surface area contributed by atoms with Crippen molar-refractivity contribution in [2.24, 2.45) is 5.92 Å². The number of ether oxygens (including phenoxy) is 2. The predicted octanol–water partition coefficient (Wildman–Crippen LogP) is 4.24. The maximum absolute atomic E-state index is 13.5. The summed E-state index contributed by atoms with van der Waals surface area (Å²) >= 11 is 5.68. The minimum Gasteiger partial charge on any atom is -0.341 e. The van der Waals surface area contributed by atoms with Crippen LogP contribution in [-0.4, -0.2) is 29.5 Å². The van der Waals surface area contributed by atoms with Gasteiger partial charge in [-0.1, -0.05) is 36.6 Å². The molecule has 2 aromatic rings. The summed E-state index contributed by atoms with van der Waals surface area (Å²) < 4.78 is 24.7. The first-order chi connectivity index (χ1) is 12.7. The van der Waals surface area contributed by atoms with E-state index in [1.54, 1.807) is 18.5 Å². The second kappa shape index (κ2) is 8.91. The van der Waals surface area contributed by atoms with Crippen molar-refractivity contribution >= 4 is 11.6 Å². The summed E-state index contributed by atoms with van der Waals surface area (Å²) in [5, 5.41) is 0.0659. The molecule has 0 bridgehead atoms. The van der Waals surface area contributed by atoms with Crippen LogP contribution >= 0.6 is 11.6 Å². The molecule has 1 aliphatic heterocycles. The lowest BCUT2D eigenvalue weighted by molar-refractivity contribution is -0.160. The van der Waals surface area contributed by atoms with E-state index in [1.807, 2.05) is 0 Å². The molecule has 1 aromatic carbocycles. The van der Waals surface area contributed by atoms with E-state index in [0.29, 0.717) is 30.2 Å². The normalized spacial score (nSPS) is 20.0. The zero-order valence-electron chi connectivity index (χ0n) is 14.3. The number of hydrogen-bond donors (Lipinski definition) is 0. The van der Waals surface area contributed by atoms with Crippen LogP contribution in [0.2, 0.25) is 5.02 Å². The third-order valence-electron chi connectivity index (χ3n) is 3.73. The predicted molar refractivity (Wildman–Crippen MR) is 97.9 cm³/mol. The lowest BCUT2D eigenvalue weighted by atomic mass is 10.1. The Bertz CT molecular complexity index is 835. The largest absolute Gasteiger partial charge is 0.341 e. The van der Waals surface area contributed by atoms with Gasteiger partial charge in [-0.2, -0.15) is 0 Å². The second-order valence-electron chi connectivity index (χ2n) is 5.79. The van der Waals surface area contributed by atoms with Crippen LogP contribution in [0.15, 0.2) is 42.7 Å². The zero-order chi connectivity index (χ0) is 18.4. The van der Waals surface area contributed by atoms with E-state index in [0.717, 1.165) is 6.42 Å². The Morgan fingerprint density at radius 3 is 2.65 bits per heavy atom. The minimum absolute atomic E-state index is 0.0659. The van der Waals surface area contributed by atoms with Crippen molar-refractivity contribution in [1.82, 2.24) is 9.97 Å². The Morgan fingerprint density at radius 2 is 2.00 bits per heavy atom. The molecule has 0 saturated carbocycles. The Kier molecular flexibility index (Phi) is 6.35. The fourth-order valence-corrected chi connectivity index (χ4v) is 2.48. The van der Waals surface area contributed by atoms with Crippen molar-refractivity contribution in [2.45, 2.75) is 19.6 Å². The topological polar surface area (TPSA) is 44.2 Å². The van der Waals surface area contributed by atoms with Gasteiger partial charge in [0.1, 0.15) is 5.82 Å². The van der Waals surface area contributed by atoms with Gasteiger partial charge in [0.05, 0.1) is 23.8 Å². The molecule has 4 nitrogen and oxygen atoms in total. The molecule has 0 atom stereocenters. The molecule has 1 fully saturated rings. The molecule has 2 heterocycles. The molecule has 0 unspecified atom stereocenters. The van der Waals surface area contributed by atoms with Crippen LogP contribution in [0.3, 0.4) is 0 Å². The van der Waals surface area contributed by atoms with Gasteiger partial charge >= 0.3 is 0 Å². The lowest BCUT2D eigenvalue weighted by Crippen LogP contribution is -2.30. The van der Waals surface area contributed by atoms with E-state index < -0.39 is 12.1 Å². The molecule has 0 radical (unpaired) electrons. The highest BCUT2D eigenvalue weighted by Crippen LogP contribution is 2.21. The van der Waals surface area contributed by atoms with Crippen LogP contribution in [0.25, 0.3) is 11.4 Å². The maximum atomic E-state index is 13.5. The van der Waals surface area contributed by atoms with Crippen molar-refractivity contribution in [2.75, 3.05) is 13.2 Å². The van der Waals surface area contributed by atoms with Crippen molar-refractivity contribution in [3.63, 3.8) is 0 Å². The first-order valence-corrected chi connectivity index (χ1v) is 8.72. The van der Waals surface area contributed by atoms with E-state index in [-0.39, 0.29) is 10.9 Å². The van der Waals surface area contributed by atoms with Crippen LogP contribution in [0, 0.1) is 23.6 Å². The van der Waals surface area contributed by atoms with Crippen LogP contribution in [0.1, 0.15) is 18.9 Å². The number of hydrogen-bond acceptors (Lipinski definition) is 4. The van der Waals surface area contributed by atoms with Crippen LogP contribution in [-0.2, 0) is 9.47 Å². The monoisotopic (exact) mass is 372 g/mol. The second-order valence-corrected chi connectivity index (χ2v) is 6.20. The van der Waals surface area contributed by atoms with Crippen molar-refractivity contribution in [3.05, 3.63) is 59.1 Å². The molecule has 134 valence electrons. The van der Waals surface area contributed by atoms with Crippen molar-refractivity contribution < 1.29 is 13.9 Å². The third-order valence-corrected chi connectivity index (χ3v) is 4.04. The fraction of sp³-hybridized carbons (Fsp3) is 0.300. The molecule has 1 aromatic heterocycles. The summed E-state index contributed by atoms with van der Waals surface area (Å²) in [6.07, 6.45) is 7.82. The van der Waals surface area contributed by atoms with E-state index >= 15 is 0 Å². The van der Waals surface area contributed by atoms with Gasteiger partial charge in [0.2, 0.25) is 6.29 Å². The molecular weight excluding hydrogens is 355 g/mol. The summed E-state index contributed by atoms with van der Waals surface area (Å²) in [4.78, 5) is 8.43. The molecule has 0 amide bonds. The number of aromatic nitrogens is 2. The molecule has 1 saturated heterocycles. The van der Waals surface area contributed by atoms with Gasteiger partial charge in [-0.25, -0.2) is 14.4 Å². The maximum Gasteiger partial charge on any atom is 0.222 e. The fourth-order valence-electron chi connectivity index (χ4n) is 2.36. The molecule has 6 heteroatoms. The molecule has 1 aliphatic rings. The summed E-state index contributed by atoms with van der Waals surface area (Å²) in [5.41, 5.74) is 1.18. The van der Waals surface area contributed by atoms with Crippen molar-refractivity contribution in [1.29, 1.82) is 0 Å². The van der Waals surface area contributed by atoms with Gasteiger partial charge in [0.25, 0.3) is 0 Å². The average molecular weight is 373 g/mol. The third kappa shape index (κ3) is 4.89. The van der Waals surface area contributed by atoms with Gasteiger partial charge in [-0.15, -0.1) is 0 Å². The van der Waals surface area contributed by atoms with Crippen LogP contribution < -0.4 is 0 Å². The Morgan fingerprint density at radius 1 is 1.27 bits per heavy atom. The number of nitrogens with zero attached hydrogens (tertiary/aromatic N) is 2. The summed E-state index contributed by atoms with van der Waals surface area (Å²) in [7, 11) is 0. The number of allylic oxidation sites excluding steroid dienone is 1. The van der Waals surface area contributed by atoms with Crippen LogP contribution in [0.5, 0.6) is 0 Å². The highest BCUT2D eigenvalue weighted by Gasteiger charge is 2.18. The number of benzene rings is 1. The first kappa shape index (κ1) is 18.5. The van der Waals surface area contributed by atoms with Crippen LogP contribution in [0.4, 0.5) is 4.39 Å². The Hall–Kier alpha value is -2.26. The smallest absolute Gasteiger partial charge is 0.222 e. The Labute approximate surface area is 157 Å².